The Morgan fingerprint density at radius 3 is 2.06 bits per heavy atom. The fraction of sp³-hybridized carbons (Fsp3) is 0.381. The Morgan fingerprint density at radius 2 is 1.52 bits per heavy atom. The Hall–Kier alpha value is -2.78. The summed E-state index contributed by atoms with van der Waals surface area (Å²) in [5.74, 6) is -10.0. The van der Waals surface area contributed by atoms with Crippen LogP contribution in [0.1, 0.15) is 54.4 Å². The van der Waals surface area contributed by atoms with Gasteiger partial charge in [-0.2, -0.15) is 0 Å². The summed E-state index contributed by atoms with van der Waals surface area (Å²) in [4.78, 5) is 12.2. The summed E-state index contributed by atoms with van der Waals surface area (Å²) in [5.41, 5.74) is -0.687. The second kappa shape index (κ2) is 8.76. The van der Waals surface area contributed by atoms with Crippen LogP contribution in [0, 0.1) is 29.2 Å². The van der Waals surface area contributed by atoms with Crippen molar-refractivity contribution in [3.05, 3.63) is 58.7 Å². The Bertz CT molecular complexity index is 957. The number of benzene rings is 2. The monoisotopic (exact) mass is 450 g/mol. The molecule has 0 heterocycles. The quantitative estimate of drug-likeness (QED) is 0.297. The molecule has 1 aliphatic carbocycles. The van der Waals surface area contributed by atoms with Crippen molar-refractivity contribution in [3.63, 3.8) is 0 Å². The van der Waals surface area contributed by atoms with Gasteiger partial charge in [0, 0.05) is 12.1 Å². The van der Waals surface area contributed by atoms with Gasteiger partial charge in [-0.05, 0) is 36.3 Å². The van der Waals surface area contributed by atoms with Gasteiger partial charge < -0.3 is 9.47 Å². The van der Waals surface area contributed by atoms with Gasteiger partial charge in [-0.1, -0.05) is 25.8 Å². The van der Waals surface area contributed by atoms with E-state index in [1.807, 2.05) is 0 Å². The topological polar surface area (TPSA) is 35.5 Å². The van der Waals surface area contributed by atoms with E-state index in [4.69, 9.17) is 0 Å². The van der Waals surface area contributed by atoms with Crippen molar-refractivity contribution in [2.24, 2.45) is 5.92 Å². The fourth-order valence-electron chi connectivity index (χ4n) is 3.58. The van der Waals surface area contributed by atoms with Gasteiger partial charge in [0.15, 0.2) is 23.3 Å². The number of hydrogen-bond donors (Lipinski definition) is 0. The Morgan fingerprint density at radius 1 is 0.935 bits per heavy atom. The summed E-state index contributed by atoms with van der Waals surface area (Å²) >= 11 is 0. The number of ether oxygens (including phenoxy) is 2. The van der Waals surface area contributed by atoms with Gasteiger partial charge in [0.2, 0.25) is 5.75 Å². The van der Waals surface area contributed by atoms with Crippen LogP contribution < -0.4 is 9.47 Å². The maximum Gasteiger partial charge on any atom is 0.573 e. The Kier molecular flexibility index (Phi) is 6.47. The third-order valence-electron chi connectivity index (χ3n) is 5.19. The normalized spacial score (nSPS) is 19.2. The van der Waals surface area contributed by atoms with E-state index in [2.05, 4.69) is 16.4 Å². The largest absolute Gasteiger partial charge is 0.573 e. The number of carbonyl (C=O) groups excluding carboxylic acids is 1. The van der Waals surface area contributed by atoms with Crippen LogP contribution in [-0.4, -0.2) is 12.3 Å². The van der Waals surface area contributed by atoms with Gasteiger partial charge >= 0.3 is 12.3 Å². The molecule has 0 spiro atoms. The zero-order chi connectivity index (χ0) is 22.9. The van der Waals surface area contributed by atoms with Crippen LogP contribution in [0.5, 0.6) is 11.5 Å². The molecule has 0 aliphatic heterocycles. The second-order valence-electron chi connectivity index (χ2n) is 7.44. The van der Waals surface area contributed by atoms with Gasteiger partial charge in [0.1, 0.15) is 5.75 Å². The molecule has 10 heteroatoms. The average molecular weight is 450 g/mol. The van der Waals surface area contributed by atoms with Gasteiger partial charge in [0.05, 0.1) is 5.56 Å². The fourth-order valence-corrected chi connectivity index (χ4v) is 3.58. The first-order valence-corrected chi connectivity index (χ1v) is 9.41. The lowest BCUT2D eigenvalue weighted by atomic mass is 9.79. The van der Waals surface area contributed by atoms with Crippen LogP contribution >= 0.6 is 0 Å². The number of carbonyl (C=O) groups is 1. The van der Waals surface area contributed by atoms with Crippen molar-refractivity contribution in [2.45, 2.75) is 44.9 Å². The molecule has 0 bridgehead atoms. The minimum Gasteiger partial charge on any atom is -0.423 e. The average Bonchev–Trinajstić information content (AvgIpc) is 2.67. The van der Waals surface area contributed by atoms with Crippen LogP contribution in [0.4, 0.5) is 30.7 Å². The third-order valence-corrected chi connectivity index (χ3v) is 5.19. The van der Waals surface area contributed by atoms with E-state index < -0.39 is 52.7 Å². The summed E-state index contributed by atoms with van der Waals surface area (Å²) in [6, 6.07) is 2.78. The van der Waals surface area contributed by atoms with Crippen molar-refractivity contribution < 1.29 is 45.0 Å². The van der Waals surface area contributed by atoms with E-state index in [9.17, 15) is 35.5 Å². The molecule has 0 radical (unpaired) electrons. The van der Waals surface area contributed by atoms with Gasteiger partial charge in [-0.25, -0.2) is 22.4 Å². The van der Waals surface area contributed by atoms with E-state index in [0.717, 1.165) is 18.9 Å². The highest BCUT2D eigenvalue weighted by molar-refractivity contribution is 5.91. The highest BCUT2D eigenvalue weighted by atomic mass is 19.4. The second-order valence-corrected chi connectivity index (χ2v) is 7.44. The lowest BCUT2D eigenvalue weighted by Gasteiger charge is -2.27. The van der Waals surface area contributed by atoms with E-state index in [0.29, 0.717) is 18.8 Å². The highest BCUT2D eigenvalue weighted by Gasteiger charge is 2.34. The molecule has 1 fully saturated rings. The molecule has 0 amide bonds. The molecule has 3 nitrogen and oxygen atoms in total. The third kappa shape index (κ3) is 5.29. The predicted molar refractivity (Wildman–Crippen MR) is 94.7 cm³/mol. The van der Waals surface area contributed by atoms with Crippen LogP contribution in [0.2, 0.25) is 0 Å². The van der Waals surface area contributed by atoms with E-state index in [1.54, 1.807) is 0 Å². The van der Waals surface area contributed by atoms with Crippen LogP contribution in [0.15, 0.2) is 24.3 Å². The first kappa shape index (κ1) is 22.9. The smallest absolute Gasteiger partial charge is 0.423 e. The number of esters is 1. The summed E-state index contributed by atoms with van der Waals surface area (Å²) < 4.78 is 101. The lowest BCUT2D eigenvalue weighted by Crippen LogP contribution is -2.19. The van der Waals surface area contributed by atoms with Crippen molar-refractivity contribution in [1.29, 1.82) is 0 Å². The number of alkyl halides is 3. The minimum atomic E-state index is -5.35. The predicted octanol–water partition coefficient (Wildman–Crippen LogP) is 6.65. The van der Waals surface area contributed by atoms with E-state index >= 15 is 0 Å². The van der Waals surface area contributed by atoms with Crippen LogP contribution in [0.3, 0.4) is 0 Å². The summed E-state index contributed by atoms with van der Waals surface area (Å²) in [7, 11) is 0. The van der Waals surface area contributed by atoms with Crippen molar-refractivity contribution >= 4 is 5.97 Å². The molecular weight excluding hydrogens is 433 g/mol. The number of halogens is 7. The molecule has 0 saturated heterocycles. The lowest BCUT2D eigenvalue weighted by molar-refractivity contribution is -0.276. The highest BCUT2D eigenvalue weighted by Crippen LogP contribution is 2.38. The molecule has 0 aromatic heterocycles. The molecule has 2 aromatic rings. The van der Waals surface area contributed by atoms with E-state index in [1.165, 1.54) is 6.07 Å². The molecule has 0 N–H and O–H groups in total. The molecule has 1 saturated carbocycles. The standard InChI is InChI=1S/C21H17F7O3/c1-10-2-4-11(5-3-10)13-6-7-14(18(25)17(13)24)20(29)30-12-8-15(22)19(16(23)9-12)31-21(26,27)28/h6-11H,2-5H2,1H3. The summed E-state index contributed by atoms with van der Waals surface area (Å²) in [6.45, 7) is 2.07. The van der Waals surface area contributed by atoms with Crippen LogP contribution in [-0.2, 0) is 0 Å². The van der Waals surface area contributed by atoms with Crippen LogP contribution in [0.25, 0.3) is 0 Å². The Balaban J connectivity index is 1.80. The molecular formula is C21H17F7O3. The SMILES string of the molecule is CC1CCC(c2ccc(C(=O)Oc3cc(F)c(OC(F)(F)F)c(F)c3)c(F)c2F)CC1. The minimum absolute atomic E-state index is 0.131. The maximum absolute atomic E-state index is 14.6. The number of hydrogen-bond acceptors (Lipinski definition) is 3. The van der Waals surface area contributed by atoms with Crippen molar-refractivity contribution in [2.75, 3.05) is 0 Å². The maximum atomic E-state index is 14.6. The van der Waals surface area contributed by atoms with E-state index in [-0.39, 0.29) is 23.6 Å². The van der Waals surface area contributed by atoms with Gasteiger partial charge in [0.25, 0.3) is 0 Å². The summed E-state index contributed by atoms with van der Waals surface area (Å²) in [6.07, 6.45) is -2.28. The molecule has 31 heavy (non-hydrogen) atoms. The van der Waals surface area contributed by atoms with Crippen molar-refractivity contribution in [3.8, 4) is 11.5 Å². The molecule has 0 atom stereocenters. The van der Waals surface area contributed by atoms with Gasteiger partial charge in [-0.3, -0.25) is 0 Å². The van der Waals surface area contributed by atoms with Crippen molar-refractivity contribution in [1.82, 2.24) is 0 Å². The molecule has 2 aromatic carbocycles. The zero-order valence-electron chi connectivity index (χ0n) is 16.2. The Labute approximate surface area is 172 Å². The molecule has 168 valence electrons. The van der Waals surface area contributed by atoms with Gasteiger partial charge in [-0.15, -0.1) is 13.2 Å². The number of rotatable bonds is 4. The zero-order valence-corrected chi connectivity index (χ0v) is 16.2. The molecule has 1 aliphatic rings. The first-order valence-electron chi connectivity index (χ1n) is 9.41. The molecule has 3 rings (SSSR count). The first-order chi connectivity index (χ1) is 14.5. The molecule has 0 unspecified atom stereocenters. The summed E-state index contributed by atoms with van der Waals surface area (Å²) in [5, 5.41) is 0.